The van der Waals surface area contributed by atoms with Crippen molar-refractivity contribution in [3.05, 3.63) is 57.0 Å². The van der Waals surface area contributed by atoms with Gasteiger partial charge in [0.05, 0.1) is 11.6 Å². The van der Waals surface area contributed by atoms with Crippen molar-refractivity contribution in [1.29, 1.82) is 0 Å². The highest BCUT2D eigenvalue weighted by atomic mass is 32.1. The van der Waals surface area contributed by atoms with Crippen LogP contribution in [0.15, 0.2) is 40.5 Å². The highest BCUT2D eigenvalue weighted by Gasteiger charge is 2.19. The molecule has 0 spiro atoms. The molecule has 0 saturated carbocycles. The van der Waals surface area contributed by atoms with E-state index in [1.807, 2.05) is 0 Å². The van der Waals surface area contributed by atoms with Gasteiger partial charge in [-0.3, -0.25) is 9.59 Å². The Hall–Kier alpha value is -3.00. The van der Waals surface area contributed by atoms with Gasteiger partial charge in [-0.2, -0.15) is 9.78 Å². The van der Waals surface area contributed by atoms with E-state index in [-0.39, 0.29) is 12.2 Å². The van der Waals surface area contributed by atoms with Crippen molar-refractivity contribution in [2.75, 3.05) is 6.61 Å². The van der Waals surface area contributed by atoms with Gasteiger partial charge in [-0.05, 0) is 61.1 Å². The normalized spacial score (nSPS) is 13.8. The van der Waals surface area contributed by atoms with Gasteiger partial charge in [0.2, 0.25) is 0 Å². The summed E-state index contributed by atoms with van der Waals surface area (Å²) in [4.78, 5) is 30.1. The molecule has 0 unspecified atom stereocenters. The lowest BCUT2D eigenvalue weighted by atomic mass is 9.97. The van der Waals surface area contributed by atoms with Gasteiger partial charge < -0.3 is 10.5 Å². The summed E-state index contributed by atoms with van der Waals surface area (Å²) in [6.07, 6.45) is 7.31. The molecule has 8 heteroatoms. The molecular formula is C19H18N4O3S. The van der Waals surface area contributed by atoms with Crippen molar-refractivity contribution in [2.45, 2.75) is 25.7 Å². The number of benzene rings is 1. The fourth-order valence-electron chi connectivity index (χ4n) is 3.15. The fourth-order valence-corrected chi connectivity index (χ4v) is 4.37. The molecule has 138 valence electrons. The van der Waals surface area contributed by atoms with Gasteiger partial charge in [0.25, 0.3) is 11.5 Å². The van der Waals surface area contributed by atoms with Gasteiger partial charge in [0.1, 0.15) is 16.9 Å². The summed E-state index contributed by atoms with van der Waals surface area (Å²) >= 11 is 1.62. The molecule has 0 bridgehead atoms. The van der Waals surface area contributed by atoms with Crippen LogP contribution in [0.4, 0.5) is 0 Å². The number of thiophene rings is 1. The Bertz CT molecular complexity index is 1080. The molecule has 1 amide bonds. The summed E-state index contributed by atoms with van der Waals surface area (Å²) in [5, 5.41) is 4.98. The lowest BCUT2D eigenvalue weighted by Gasteiger charge is -2.09. The average Bonchev–Trinajstić information content (AvgIpc) is 3.06. The molecule has 2 heterocycles. The van der Waals surface area contributed by atoms with E-state index in [0.29, 0.717) is 11.1 Å². The summed E-state index contributed by atoms with van der Waals surface area (Å²) in [5.41, 5.74) is 6.86. The number of ether oxygens (including phenoxy) is 1. The van der Waals surface area contributed by atoms with Crippen molar-refractivity contribution in [1.82, 2.24) is 9.66 Å². The smallest absolute Gasteiger partial charge is 0.282 e. The highest BCUT2D eigenvalue weighted by molar-refractivity contribution is 7.18. The number of fused-ring (bicyclic) bond motifs is 3. The van der Waals surface area contributed by atoms with E-state index in [0.717, 1.165) is 35.2 Å². The SMILES string of the molecule is NC(=O)COc1ccc(/C=N\n2cnc3sc4c(c3c2=O)CCCC4)cc1. The number of primary amides is 1. The quantitative estimate of drug-likeness (QED) is 0.683. The first-order valence-corrected chi connectivity index (χ1v) is 9.51. The zero-order valence-corrected chi connectivity index (χ0v) is 15.4. The molecule has 3 aromatic rings. The lowest BCUT2D eigenvalue weighted by molar-refractivity contribution is -0.119. The van der Waals surface area contributed by atoms with E-state index in [2.05, 4.69) is 10.1 Å². The van der Waals surface area contributed by atoms with Crippen LogP contribution in [0.3, 0.4) is 0 Å². The van der Waals surface area contributed by atoms with Gasteiger partial charge in [-0.15, -0.1) is 11.3 Å². The van der Waals surface area contributed by atoms with Crippen LogP contribution in [-0.4, -0.2) is 28.4 Å². The molecule has 2 aromatic heterocycles. The maximum atomic E-state index is 12.8. The molecule has 4 rings (SSSR count). The van der Waals surface area contributed by atoms with Crippen LogP contribution < -0.4 is 16.0 Å². The standard InChI is InChI=1S/C19H18N4O3S/c20-16(24)10-26-13-7-5-12(6-8-13)9-22-23-11-21-18-17(19(23)25)14-3-1-2-4-15(14)27-18/h5-9,11H,1-4,10H2,(H2,20,24)/b22-9-. The lowest BCUT2D eigenvalue weighted by Crippen LogP contribution is -2.20. The Balaban J connectivity index is 1.59. The minimum Gasteiger partial charge on any atom is -0.484 e. The molecule has 0 fully saturated rings. The predicted octanol–water partition coefficient (Wildman–Crippen LogP) is 2.08. The molecule has 0 radical (unpaired) electrons. The van der Waals surface area contributed by atoms with Gasteiger partial charge >= 0.3 is 0 Å². The number of hydrogen-bond donors (Lipinski definition) is 1. The van der Waals surface area contributed by atoms with Crippen LogP contribution in [-0.2, 0) is 17.6 Å². The third-order valence-corrected chi connectivity index (χ3v) is 5.65. The maximum absolute atomic E-state index is 12.8. The Labute approximate surface area is 159 Å². The number of nitrogens with zero attached hydrogens (tertiary/aromatic N) is 3. The topological polar surface area (TPSA) is 99.6 Å². The molecule has 27 heavy (non-hydrogen) atoms. The first-order valence-electron chi connectivity index (χ1n) is 8.69. The van der Waals surface area contributed by atoms with Crippen molar-refractivity contribution >= 4 is 33.7 Å². The largest absolute Gasteiger partial charge is 0.484 e. The number of carbonyl (C=O) groups is 1. The Kier molecular flexibility index (Phi) is 4.72. The van der Waals surface area contributed by atoms with E-state index in [1.54, 1.807) is 41.8 Å². The summed E-state index contributed by atoms with van der Waals surface area (Å²) in [7, 11) is 0. The molecular weight excluding hydrogens is 364 g/mol. The summed E-state index contributed by atoms with van der Waals surface area (Å²) in [5.74, 6) is 0.00892. The van der Waals surface area contributed by atoms with E-state index >= 15 is 0 Å². The number of nitrogens with two attached hydrogens (primary N) is 1. The monoisotopic (exact) mass is 382 g/mol. The fraction of sp³-hybridized carbons (Fsp3) is 0.263. The van der Waals surface area contributed by atoms with Crippen LogP contribution in [0.25, 0.3) is 10.2 Å². The molecule has 0 atom stereocenters. The van der Waals surface area contributed by atoms with Gasteiger partial charge in [-0.25, -0.2) is 4.98 Å². The second kappa shape index (κ2) is 7.32. The predicted molar refractivity (Wildman–Crippen MR) is 105 cm³/mol. The molecule has 0 saturated heterocycles. The number of amides is 1. The Morgan fingerprint density at radius 2 is 2.07 bits per heavy atom. The number of rotatable bonds is 5. The second-order valence-corrected chi connectivity index (χ2v) is 7.44. The van der Waals surface area contributed by atoms with E-state index < -0.39 is 5.91 Å². The van der Waals surface area contributed by atoms with Gasteiger partial charge in [-0.1, -0.05) is 0 Å². The van der Waals surface area contributed by atoms with Crippen molar-refractivity contribution in [3.63, 3.8) is 0 Å². The second-order valence-electron chi connectivity index (χ2n) is 6.35. The zero-order valence-electron chi connectivity index (χ0n) is 14.6. The maximum Gasteiger partial charge on any atom is 0.282 e. The van der Waals surface area contributed by atoms with E-state index in [9.17, 15) is 9.59 Å². The van der Waals surface area contributed by atoms with Crippen molar-refractivity contribution in [3.8, 4) is 5.75 Å². The number of carbonyl (C=O) groups excluding carboxylic acids is 1. The van der Waals surface area contributed by atoms with Crippen LogP contribution >= 0.6 is 11.3 Å². The van der Waals surface area contributed by atoms with Crippen LogP contribution in [0.1, 0.15) is 28.8 Å². The summed E-state index contributed by atoms with van der Waals surface area (Å²) in [6, 6.07) is 6.99. The first kappa shape index (κ1) is 17.4. The van der Waals surface area contributed by atoms with Crippen LogP contribution in [0.2, 0.25) is 0 Å². The Morgan fingerprint density at radius 1 is 1.30 bits per heavy atom. The third-order valence-electron chi connectivity index (χ3n) is 4.45. The molecule has 2 N–H and O–H groups in total. The van der Waals surface area contributed by atoms with Crippen molar-refractivity contribution < 1.29 is 9.53 Å². The summed E-state index contributed by atoms with van der Waals surface area (Å²) in [6.45, 7) is -0.167. The molecule has 1 aliphatic carbocycles. The van der Waals surface area contributed by atoms with E-state index in [1.165, 1.54) is 22.3 Å². The van der Waals surface area contributed by atoms with Crippen molar-refractivity contribution in [2.24, 2.45) is 10.8 Å². The van der Waals surface area contributed by atoms with Crippen LogP contribution in [0, 0.1) is 0 Å². The molecule has 0 aliphatic heterocycles. The van der Waals surface area contributed by atoms with Gasteiger partial charge in [0.15, 0.2) is 6.61 Å². The number of hydrogen-bond acceptors (Lipinski definition) is 6. The average molecular weight is 382 g/mol. The minimum atomic E-state index is -0.529. The number of aromatic nitrogens is 2. The highest BCUT2D eigenvalue weighted by Crippen LogP contribution is 2.33. The molecule has 7 nitrogen and oxygen atoms in total. The van der Waals surface area contributed by atoms with Gasteiger partial charge in [0, 0.05) is 4.88 Å². The third kappa shape index (κ3) is 3.61. The molecule has 1 aliphatic rings. The van der Waals surface area contributed by atoms with E-state index in [4.69, 9.17) is 10.5 Å². The zero-order chi connectivity index (χ0) is 18.8. The Morgan fingerprint density at radius 3 is 2.85 bits per heavy atom. The summed E-state index contributed by atoms with van der Waals surface area (Å²) < 4.78 is 6.49. The molecule has 1 aromatic carbocycles. The minimum absolute atomic E-state index is 0.128. The number of aryl methyl sites for hydroxylation is 2. The first-order chi connectivity index (χ1) is 13.1. The van der Waals surface area contributed by atoms with Crippen LogP contribution in [0.5, 0.6) is 5.75 Å².